The molecule has 104 valence electrons. The van der Waals surface area contributed by atoms with Crippen molar-refractivity contribution in [2.45, 2.75) is 31.7 Å². The third kappa shape index (κ3) is 2.80. The average molecular weight is 268 g/mol. The second kappa shape index (κ2) is 6.01. The van der Waals surface area contributed by atoms with Crippen LogP contribution < -0.4 is 11.1 Å². The maximum atomic E-state index is 6.20. The highest BCUT2D eigenvalue weighted by Crippen LogP contribution is 2.25. The summed E-state index contributed by atoms with van der Waals surface area (Å²) in [6.07, 6.45) is 5.90. The van der Waals surface area contributed by atoms with Crippen LogP contribution in [0.1, 0.15) is 35.7 Å². The Hall–Kier alpha value is -1.94. The summed E-state index contributed by atoms with van der Waals surface area (Å²) in [5, 5.41) is 3.41. The molecule has 0 aliphatic heterocycles. The number of hydrogen-bond acceptors (Lipinski definition) is 4. The number of rotatable bonds is 5. The fourth-order valence-electron chi connectivity index (χ4n) is 2.72. The highest BCUT2D eigenvalue weighted by molar-refractivity contribution is 5.47. The van der Waals surface area contributed by atoms with E-state index in [1.165, 1.54) is 23.2 Å². The Bertz CT molecular complexity index is 568. The van der Waals surface area contributed by atoms with Crippen LogP contribution in [-0.4, -0.2) is 16.5 Å². The van der Waals surface area contributed by atoms with Gasteiger partial charge in [0.2, 0.25) is 0 Å². The summed E-state index contributed by atoms with van der Waals surface area (Å²) in [5.74, 6) is 0.993. The number of aryl methyl sites for hydroxylation is 1. The van der Waals surface area contributed by atoms with Gasteiger partial charge in [0.25, 0.3) is 0 Å². The van der Waals surface area contributed by atoms with Crippen molar-refractivity contribution in [3.05, 3.63) is 53.5 Å². The molecule has 1 aliphatic rings. The maximum absolute atomic E-state index is 6.20. The standard InChI is InChI=1S/C16H20N4/c17-14(12-5-2-1-3-6-12)9-10-18-16-13-7-4-8-15(13)19-11-20-16/h1-3,5-6,11,14H,4,7-10,17H2,(H,18,19,20). The molecule has 0 fully saturated rings. The highest BCUT2D eigenvalue weighted by atomic mass is 15.0. The van der Waals surface area contributed by atoms with Gasteiger partial charge in [-0.05, 0) is 31.2 Å². The number of aromatic nitrogens is 2. The van der Waals surface area contributed by atoms with E-state index in [0.717, 1.165) is 31.6 Å². The molecule has 3 N–H and O–H groups in total. The van der Waals surface area contributed by atoms with Crippen molar-refractivity contribution >= 4 is 5.82 Å². The Morgan fingerprint density at radius 2 is 2.00 bits per heavy atom. The smallest absolute Gasteiger partial charge is 0.132 e. The van der Waals surface area contributed by atoms with E-state index < -0.39 is 0 Å². The molecule has 0 spiro atoms. The van der Waals surface area contributed by atoms with Crippen LogP contribution in [0.4, 0.5) is 5.82 Å². The number of fused-ring (bicyclic) bond motifs is 1. The minimum atomic E-state index is 0.0681. The lowest BCUT2D eigenvalue weighted by Gasteiger charge is -2.14. The van der Waals surface area contributed by atoms with E-state index in [1.807, 2.05) is 18.2 Å². The molecule has 3 rings (SSSR count). The predicted octanol–water partition coefficient (Wildman–Crippen LogP) is 2.47. The molecule has 0 radical (unpaired) electrons. The minimum absolute atomic E-state index is 0.0681. The SMILES string of the molecule is NC(CCNc1ncnc2c1CCC2)c1ccccc1. The van der Waals surface area contributed by atoms with Gasteiger partial charge in [-0.1, -0.05) is 30.3 Å². The van der Waals surface area contributed by atoms with Crippen molar-refractivity contribution in [1.82, 2.24) is 9.97 Å². The first-order chi connectivity index (χ1) is 9.84. The Morgan fingerprint density at radius 3 is 2.85 bits per heavy atom. The van der Waals surface area contributed by atoms with Crippen LogP contribution in [0, 0.1) is 0 Å². The molecule has 0 amide bonds. The van der Waals surface area contributed by atoms with Crippen LogP contribution in [0.15, 0.2) is 36.7 Å². The Kier molecular flexibility index (Phi) is 3.92. The average Bonchev–Trinajstić information content (AvgIpc) is 2.97. The lowest BCUT2D eigenvalue weighted by atomic mass is 10.1. The molecule has 1 aromatic heterocycles. The monoisotopic (exact) mass is 268 g/mol. The zero-order chi connectivity index (χ0) is 13.8. The molecule has 1 atom stereocenters. The van der Waals surface area contributed by atoms with Crippen LogP contribution in [0.5, 0.6) is 0 Å². The van der Waals surface area contributed by atoms with E-state index >= 15 is 0 Å². The van der Waals surface area contributed by atoms with Gasteiger partial charge in [0.1, 0.15) is 12.1 Å². The third-order valence-corrected chi connectivity index (χ3v) is 3.85. The molecule has 1 heterocycles. The number of anilines is 1. The van der Waals surface area contributed by atoms with Gasteiger partial charge in [0, 0.05) is 23.8 Å². The molecule has 0 saturated carbocycles. The number of hydrogen-bond donors (Lipinski definition) is 2. The van der Waals surface area contributed by atoms with Gasteiger partial charge in [0.15, 0.2) is 0 Å². The predicted molar refractivity (Wildman–Crippen MR) is 80.5 cm³/mol. The first kappa shape index (κ1) is 13.1. The Balaban J connectivity index is 1.57. The van der Waals surface area contributed by atoms with Gasteiger partial charge < -0.3 is 11.1 Å². The van der Waals surface area contributed by atoms with Gasteiger partial charge in [-0.3, -0.25) is 0 Å². The maximum Gasteiger partial charge on any atom is 0.132 e. The molecule has 1 unspecified atom stereocenters. The molecule has 0 bridgehead atoms. The molecule has 1 aliphatic carbocycles. The van der Waals surface area contributed by atoms with Crippen molar-refractivity contribution < 1.29 is 0 Å². The van der Waals surface area contributed by atoms with Gasteiger partial charge in [0.05, 0.1) is 0 Å². The number of nitrogens with zero attached hydrogens (tertiary/aromatic N) is 2. The quantitative estimate of drug-likeness (QED) is 0.874. The van der Waals surface area contributed by atoms with Crippen LogP contribution in [0.2, 0.25) is 0 Å². The van der Waals surface area contributed by atoms with Crippen LogP contribution in [0.3, 0.4) is 0 Å². The summed E-state index contributed by atoms with van der Waals surface area (Å²) in [5.41, 5.74) is 9.88. The first-order valence-electron chi connectivity index (χ1n) is 7.22. The summed E-state index contributed by atoms with van der Waals surface area (Å²) < 4.78 is 0. The van der Waals surface area contributed by atoms with Crippen LogP contribution in [0.25, 0.3) is 0 Å². The largest absolute Gasteiger partial charge is 0.370 e. The third-order valence-electron chi connectivity index (χ3n) is 3.85. The van der Waals surface area contributed by atoms with Crippen LogP contribution in [-0.2, 0) is 12.8 Å². The van der Waals surface area contributed by atoms with Crippen molar-refractivity contribution in [1.29, 1.82) is 0 Å². The fourth-order valence-corrected chi connectivity index (χ4v) is 2.72. The second-order valence-corrected chi connectivity index (χ2v) is 5.23. The fraction of sp³-hybridized carbons (Fsp3) is 0.375. The molecular formula is C16H20N4. The van der Waals surface area contributed by atoms with E-state index in [1.54, 1.807) is 6.33 Å². The summed E-state index contributed by atoms with van der Waals surface area (Å²) >= 11 is 0. The van der Waals surface area contributed by atoms with Crippen molar-refractivity contribution in [2.75, 3.05) is 11.9 Å². The van der Waals surface area contributed by atoms with E-state index in [9.17, 15) is 0 Å². The zero-order valence-corrected chi connectivity index (χ0v) is 11.5. The Labute approximate surface area is 119 Å². The summed E-state index contributed by atoms with van der Waals surface area (Å²) in [6.45, 7) is 0.833. The number of nitrogens with one attached hydrogen (secondary N) is 1. The van der Waals surface area contributed by atoms with Crippen LogP contribution >= 0.6 is 0 Å². The van der Waals surface area contributed by atoms with Gasteiger partial charge in [-0.2, -0.15) is 0 Å². The lowest BCUT2D eigenvalue weighted by Crippen LogP contribution is -2.16. The topological polar surface area (TPSA) is 63.8 Å². The highest BCUT2D eigenvalue weighted by Gasteiger charge is 2.16. The summed E-state index contributed by atoms with van der Waals surface area (Å²) in [7, 11) is 0. The van der Waals surface area contributed by atoms with Crippen molar-refractivity contribution in [3.8, 4) is 0 Å². The first-order valence-corrected chi connectivity index (χ1v) is 7.22. The normalized spacial score (nSPS) is 14.8. The van der Waals surface area contributed by atoms with Crippen molar-refractivity contribution in [2.24, 2.45) is 5.73 Å². The molecular weight excluding hydrogens is 248 g/mol. The lowest BCUT2D eigenvalue weighted by molar-refractivity contribution is 0.673. The van der Waals surface area contributed by atoms with E-state index in [-0.39, 0.29) is 6.04 Å². The van der Waals surface area contributed by atoms with Gasteiger partial charge in [-0.25, -0.2) is 9.97 Å². The molecule has 20 heavy (non-hydrogen) atoms. The molecule has 2 aromatic rings. The van der Waals surface area contributed by atoms with E-state index in [2.05, 4.69) is 27.4 Å². The van der Waals surface area contributed by atoms with Crippen molar-refractivity contribution in [3.63, 3.8) is 0 Å². The van der Waals surface area contributed by atoms with E-state index in [0.29, 0.717) is 0 Å². The Morgan fingerprint density at radius 1 is 1.15 bits per heavy atom. The minimum Gasteiger partial charge on any atom is -0.370 e. The molecule has 4 nitrogen and oxygen atoms in total. The summed E-state index contributed by atoms with van der Waals surface area (Å²) in [4.78, 5) is 8.69. The number of nitrogens with two attached hydrogens (primary N) is 1. The zero-order valence-electron chi connectivity index (χ0n) is 11.5. The van der Waals surface area contributed by atoms with Gasteiger partial charge in [-0.15, -0.1) is 0 Å². The summed E-state index contributed by atoms with van der Waals surface area (Å²) in [6, 6.07) is 10.3. The number of benzene rings is 1. The molecule has 1 aromatic carbocycles. The molecule has 4 heteroatoms. The van der Waals surface area contributed by atoms with E-state index in [4.69, 9.17) is 5.73 Å². The van der Waals surface area contributed by atoms with Gasteiger partial charge >= 0.3 is 0 Å². The molecule has 0 saturated heterocycles. The second-order valence-electron chi connectivity index (χ2n) is 5.23.